The van der Waals surface area contributed by atoms with Crippen LogP contribution in [0.3, 0.4) is 0 Å². The molecule has 0 spiro atoms. The van der Waals surface area contributed by atoms with Gasteiger partial charge in [0.05, 0.1) is 15.9 Å². The first-order chi connectivity index (χ1) is 15.0. The number of pyridine rings is 1. The summed E-state index contributed by atoms with van der Waals surface area (Å²) in [6.45, 7) is 1.56. The maximum atomic E-state index is 13.5. The molecule has 0 atom stereocenters. The lowest BCUT2D eigenvalue weighted by molar-refractivity contribution is -0.122. The number of hydrogen-bond acceptors (Lipinski definition) is 6. The van der Waals surface area contributed by atoms with Gasteiger partial charge in [-0.25, -0.2) is 12.4 Å². The van der Waals surface area contributed by atoms with Crippen molar-refractivity contribution in [3.63, 3.8) is 0 Å². The van der Waals surface area contributed by atoms with Crippen LogP contribution in [0.25, 0.3) is 26.7 Å². The normalized spacial score (nSPS) is 14.8. The Bertz CT molecular complexity index is 1390. The van der Waals surface area contributed by atoms with Gasteiger partial charge in [0.2, 0.25) is 0 Å². The Morgan fingerprint density at radius 2 is 2.03 bits per heavy atom. The molecule has 1 aromatic carbocycles. The van der Waals surface area contributed by atoms with E-state index in [9.17, 15) is 8.42 Å². The van der Waals surface area contributed by atoms with Gasteiger partial charge in [-0.05, 0) is 66.2 Å². The molecule has 1 aliphatic rings. The van der Waals surface area contributed by atoms with Gasteiger partial charge in [0.1, 0.15) is 0 Å². The van der Waals surface area contributed by atoms with Crippen molar-refractivity contribution >= 4 is 54.5 Å². The first-order valence-corrected chi connectivity index (χ1v) is 11.9. The summed E-state index contributed by atoms with van der Waals surface area (Å²) in [6, 6.07) is 10.9. The second-order valence-electron chi connectivity index (χ2n) is 7.18. The molecule has 1 aliphatic heterocycles. The Balaban J connectivity index is 0.000000730. The molecular weight excluding hydrogens is 434 g/mol. The van der Waals surface area contributed by atoms with Crippen molar-refractivity contribution in [3.8, 4) is 0 Å². The predicted octanol–water partition coefficient (Wildman–Crippen LogP) is 3.91. The summed E-state index contributed by atoms with van der Waals surface area (Å²) in [5, 5.41) is 9.81. The SMILES string of the molecule is CN1CC=C(c2cn(S(=O)(=O)c3ccc4sccc4c3)c3cccnc23)CC1.O=CO. The summed E-state index contributed by atoms with van der Waals surface area (Å²) < 4.78 is 29.4. The third-order valence-electron chi connectivity index (χ3n) is 5.26. The van der Waals surface area contributed by atoms with E-state index in [1.165, 1.54) is 3.97 Å². The molecule has 7 nitrogen and oxygen atoms in total. The molecule has 0 radical (unpaired) electrons. The van der Waals surface area contributed by atoms with Crippen molar-refractivity contribution in [3.05, 3.63) is 65.8 Å². The summed E-state index contributed by atoms with van der Waals surface area (Å²) in [7, 11) is -1.64. The number of nitrogens with zero attached hydrogens (tertiary/aromatic N) is 3. The van der Waals surface area contributed by atoms with E-state index in [0.717, 1.165) is 46.2 Å². The zero-order valence-corrected chi connectivity index (χ0v) is 18.4. The van der Waals surface area contributed by atoms with E-state index >= 15 is 0 Å². The Labute approximate surface area is 183 Å². The molecule has 9 heteroatoms. The van der Waals surface area contributed by atoms with Crippen LogP contribution < -0.4 is 0 Å². The van der Waals surface area contributed by atoms with Gasteiger partial charge in [0.25, 0.3) is 16.5 Å². The van der Waals surface area contributed by atoms with Gasteiger partial charge in [-0.15, -0.1) is 11.3 Å². The first kappa shape index (κ1) is 21.2. The van der Waals surface area contributed by atoms with Crippen LogP contribution in [0.5, 0.6) is 0 Å². The Morgan fingerprint density at radius 3 is 2.77 bits per heavy atom. The molecule has 0 unspecified atom stereocenters. The standard InChI is InChI=1S/C21H19N3O2S2.CH2O2/c1-23-10-6-15(7-11-23)18-14-24(19-3-2-9-22-21(18)19)28(25,26)17-4-5-20-16(13-17)8-12-27-20;2-1-3/h2-6,8-9,12-14H,7,10-11H2,1H3;1H,(H,2,3). The van der Waals surface area contributed by atoms with Gasteiger partial charge < -0.3 is 10.0 Å². The largest absolute Gasteiger partial charge is 0.483 e. The fourth-order valence-electron chi connectivity index (χ4n) is 3.70. The molecule has 0 saturated carbocycles. The van der Waals surface area contributed by atoms with Crippen molar-refractivity contribution in [2.24, 2.45) is 0 Å². The molecule has 0 amide bonds. The van der Waals surface area contributed by atoms with Crippen LogP contribution in [0.1, 0.15) is 12.0 Å². The number of aromatic nitrogens is 2. The van der Waals surface area contributed by atoms with Crippen LogP contribution in [-0.2, 0) is 14.8 Å². The van der Waals surface area contributed by atoms with E-state index in [-0.39, 0.29) is 6.47 Å². The second-order valence-corrected chi connectivity index (χ2v) is 9.94. The number of carbonyl (C=O) groups is 1. The first-order valence-electron chi connectivity index (χ1n) is 9.60. The van der Waals surface area contributed by atoms with E-state index in [4.69, 9.17) is 9.90 Å². The predicted molar refractivity (Wildman–Crippen MR) is 123 cm³/mol. The van der Waals surface area contributed by atoms with Crippen LogP contribution in [0.2, 0.25) is 0 Å². The van der Waals surface area contributed by atoms with Gasteiger partial charge in [-0.1, -0.05) is 6.08 Å². The summed E-state index contributed by atoms with van der Waals surface area (Å²) in [6.07, 6.45) is 6.51. The van der Waals surface area contributed by atoms with Gasteiger partial charge in [0, 0.05) is 35.7 Å². The lowest BCUT2D eigenvalue weighted by Gasteiger charge is -2.21. The monoisotopic (exact) mass is 455 g/mol. The Kier molecular flexibility index (Phi) is 5.90. The maximum absolute atomic E-state index is 13.5. The minimum absolute atomic E-state index is 0.250. The number of carboxylic acid groups (broad SMARTS) is 1. The minimum Gasteiger partial charge on any atom is -0.483 e. The van der Waals surface area contributed by atoms with Crippen LogP contribution >= 0.6 is 11.3 Å². The van der Waals surface area contributed by atoms with Crippen molar-refractivity contribution in [1.82, 2.24) is 13.9 Å². The fourth-order valence-corrected chi connectivity index (χ4v) is 5.86. The maximum Gasteiger partial charge on any atom is 0.290 e. The van der Waals surface area contributed by atoms with E-state index in [1.54, 1.807) is 41.9 Å². The van der Waals surface area contributed by atoms with Crippen LogP contribution in [0.15, 0.2) is 65.1 Å². The number of thiophene rings is 1. The lowest BCUT2D eigenvalue weighted by Crippen LogP contribution is -2.23. The number of hydrogen-bond donors (Lipinski definition) is 1. The summed E-state index contributed by atoms with van der Waals surface area (Å²) in [4.78, 5) is 15.4. The Morgan fingerprint density at radius 1 is 1.23 bits per heavy atom. The van der Waals surface area contributed by atoms with E-state index < -0.39 is 10.0 Å². The van der Waals surface area contributed by atoms with Gasteiger partial charge in [0.15, 0.2) is 0 Å². The quantitative estimate of drug-likeness (QED) is 0.471. The van der Waals surface area contributed by atoms with Crippen LogP contribution in [0.4, 0.5) is 0 Å². The molecule has 1 N–H and O–H groups in total. The fraction of sp³-hybridized carbons (Fsp3) is 0.182. The number of benzene rings is 1. The summed E-state index contributed by atoms with van der Waals surface area (Å²) in [5.74, 6) is 0. The average Bonchev–Trinajstić information content (AvgIpc) is 3.39. The molecule has 0 fully saturated rings. The molecule has 0 aliphatic carbocycles. The van der Waals surface area contributed by atoms with Gasteiger partial charge in [-0.3, -0.25) is 9.78 Å². The van der Waals surface area contributed by atoms with E-state index in [2.05, 4.69) is 23.0 Å². The number of likely N-dealkylation sites (N-methyl/N-ethyl adjacent to an activating group) is 1. The molecule has 160 valence electrons. The third-order valence-corrected chi connectivity index (χ3v) is 7.83. The van der Waals surface area contributed by atoms with E-state index in [0.29, 0.717) is 10.4 Å². The average molecular weight is 456 g/mol. The topological polar surface area (TPSA) is 92.5 Å². The second kappa shape index (κ2) is 8.62. The Hall–Kier alpha value is -3.01. The molecule has 4 aromatic rings. The van der Waals surface area contributed by atoms with Crippen molar-refractivity contribution < 1.29 is 18.3 Å². The summed E-state index contributed by atoms with van der Waals surface area (Å²) in [5.41, 5.74) is 3.41. The van der Waals surface area contributed by atoms with Crippen LogP contribution in [0, 0.1) is 0 Å². The van der Waals surface area contributed by atoms with Crippen molar-refractivity contribution in [2.75, 3.05) is 20.1 Å². The number of fused-ring (bicyclic) bond motifs is 2. The van der Waals surface area contributed by atoms with Gasteiger partial charge >= 0.3 is 0 Å². The lowest BCUT2D eigenvalue weighted by atomic mass is 10.0. The third kappa shape index (κ3) is 3.99. The molecule has 31 heavy (non-hydrogen) atoms. The zero-order valence-electron chi connectivity index (χ0n) is 16.8. The van der Waals surface area contributed by atoms with Crippen molar-refractivity contribution in [1.29, 1.82) is 0 Å². The summed E-state index contributed by atoms with van der Waals surface area (Å²) >= 11 is 1.61. The molecule has 5 rings (SSSR count). The molecule has 0 saturated heterocycles. The molecule has 4 heterocycles. The van der Waals surface area contributed by atoms with Gasteiger partial charge in [-0.2, -0.15) is 0 Å². The molecule has 0 bridgehead atoms. The minimum atomic E-state index is -3.72. The van der Waals surface area contributed by atoms with Crippen molar-refractivity contribution in [2.45, 2.75) is 11.3 Å². The number of rotatable bonds is 3. The zero-order chi connectivity index (χ0) is 22.0. The molecule has 3 aromatic heterocycles. The smallest absolute Gasteiger partial charge is 0.290 e. The van der Waals surface area contributed by atoms with E-state index in [1.807, 2.05) is 23.6 Å². The highest BCUT2D eigenvalue weighted by Crippen LogP contribution is 2.32. The highest BCUT2D eigenvalue weighted by Gasteiger charge is 2.24. The highest BCUT2D eigenvalue weighted by atomic mass is 32.2. The highest BCUT2D eigenvalue weighted by molar-refractivity contribution is 7.90. The molecular formula is C22H21N3O4S2. The van der Waals surface area contributed by atoms with Crippen LogP contribution in [-0.4, -0.2) is 54.0 Å².